The van der Waals surface area contributed by atoms with Crippen LogP contribution in [0.15, 0.2) is 91.1 Å². The van der Waals surface area contributed by atoms with Crippen LogP contribution >= 0.6 is 0 Å². The third kappa shape index (κ3) is 4.17. The Bertz CT molecular complexity index is 1160. The van der Waals surface area contributed by atoms with Gasteiger partial charge in [-0.15, -0.1) is 0 Å². The van der Waals surface area contributed by atoms with Gasteiger partial charge in [0, 0.05) is 28.2 Å². The molecule has 156 valence electrons. The molecule has 1 aliphatic rings. The third-order valence-electron chi connectivity index (χ3n) is 5.21. The molecule has 6 heteroatoms. The number of hydrogen-bond donors (Lipinski definition) is 1. The van der Waals surface area contributed by atoms with Gasteiger partial charge in [-0.1, -0.05) is 54.6 Å². The van der Waals surface area contributed by atoms with Gasteiger partial charge in [-0.2, -0.15) is 0 Å². The highest BCUT2D eigenvalue weighted by Gasteiger charge is 2.35. The SMILES string of the molecule is O=C(c1ccccc1)N1C[C@H](COc2ccccc2)O[C@H](c2c[nH]c3ccccc23)O1. The first kappa shape index (κ1) is 19.4. The van der Waals surface area contributed by atoms with Crippen molar-refractivity contribution >= 4 is 16.8 Å². The van der Waals surface area contributed by atoms with Crippen molar-refractivity contribution in [2.24, 2.45) is 0 Å². The lowest BCUT2D eigenvalue weighted by atomic mass is 10.1. The first-order valence-electron chi connectivity index (χ1n) is 10.2. The highest BCUT2D eigenvalue weighted by atomic mass is 16.8. The van der Waals surface area contributed by atoms with E-state index in [2.05, 4.69) is 4.98 Å². The quantitative estimate of drug-likeness (QED) is 0.513. The summed E-state index contributed by atoms with van der Waals surface area (Å²) in [5.74, 6) is 0.542. The van der Waals surface area contributed by atoms with E-state index < -0.39 is 6.29 Å². The van der Waals surface area contributed by atoms with Crippen LogP contribution in [-0.4, -0.2) is 35.2 Å². The molecule has 0 spiro atoms. The number of H-pyrrole nitrogens is 1. The molecule has 4 aromatic rings. The molecule has 1 amide bonds. The number of carbonyl (C=O) groups is 1. The van der Waals surface area contributed by atoms with Crippen LogP contribution < -0.4 is 4.74 Å². The van der Waals surface area contributed by atoms with Gasteiger partial charge in [0.15, 0.2) is 0 Å². The maximum absolute atomic E-state index is 13.1. The second-order valence-electron chi connectivity index (χ2n) is 7.34. The summed E-state index contributed by atoms with van der Waals surface area (Å²) < 4.78 is 12.1. The normalized spacial score (nSPS) is 18.8. The minimum absolute atomic E-state index is 0.210. The van der Waals surface area contributed by atoms with Gasteiger partial charge < -0.3 is 14.5 Å². The molecule has 1 fully saturated rings. The maximum atomic E-state index is 13.1. The van der Waals surface area contributed by atoms with Crippen molar-refractivity contribution < 1.29 is 19.1 Å². The Morgan fingerprint density at radius 1 is 0.968 bits per heavy atom. The zero-order chi connectivity index (χ0) is 21.0. The van der Waals surface area contributed by atoms with E-state index in [1.54, 1.807) is 12.1 Å². The number of amides is 1. The number of para-hydroxylation sites is 2. The summed E-state index contributed by atoms with van der Waals surface area (Å²) in [5.41, 5.74) is 2.38. The van der Waals surface area contributed by atoms with Gasteiger partial charge >= 0.3 is 0 Å². The summed E-state index contributed by atoms with van der Waals surface area (Å²) in [4.78, 5) is 22.4. The number of hydroxylamine groups is 2. The number of benzene rings is 3. The lowest BCUT2D eigenvalue weighted by molar-refractivity contribution is -0.325. The number of nitrogens with zero attached hydrogens (tertiary/aromatic N) is 1. The monoisotopic (exact) mass is 414 g/mol. The highest BCUT2D eigenvalue weighted by Crippen LogP contribution is 2.32. The number of rotatable bonds is 5. The van der Waals surface area contributed by atoms with Crippen LogP contribution in [0.25, 0.3) is 10.9 Å². The van der Waals surface area contributed by atoms with Crippen LogP contribution in [0.2, 0.25) is 0 Å². The number of ether oxygens (including phenoxy) is 2. The average molecular weight is 414 g/mol. The fourth-order valence-electron chi connectivity index (χ4n) is 3.66. The number of aromatic amines is 1. The van der Waals surface area contributed by atoms with Crippen LogP contribution in [0.4, 0.5) is 0 Å². The molecule has 3 aromatic carbocycles. The van der Waals surface area contributed by atoms with E-state index in [9.17, 15) is 4.79 Å². The van der Waals surface area contributed by atoms with Crippen LogP contribution in [0.5, 0.6) is 5.75 Å². The van der Waals surface area contributed by atoms with Crippen LogP contribution in [0.3, 0.4) is 0 Å². The second kappa shape index (κ2) is 8.63. The Labute approximate surface area is 179 Å². The maximum Gasteiger partial charge on any atom is 0.277 e. The summed E-state index contributed by atoms with van der Waals surface area (Å²) >= 11 is 0. The summed E-state index contributed by atoms with van der Waals surface area (Å²) in [6.07, 6.45) is 0.767. The van der Waals surface area contributed by atoms with Gasteiger partial charge in [-0.3, -0.25) is 4.79 Å². The van der Waals surface area contributed by atoms with Crippen molar-refractivity contribution in [3.8, 4) is 5.75 Å². The number of fused-ring (bicyclic) bond motifs is 1. The molecule has 5 rings (SSSR count). The minimum Gasteiger partial charge on any atom is -0.491 e. The molecule has 1 aromatic heterocycles. The number of aromatic nitrogens is 1. The first-order valence-corrected chi connectivity index (χ1v) is 10.2. The molecular formula is C25H22N2O4. The van der Waals surface area contributed by atoms with Crippen LogP contribution in [-0.2, 0) is 9.57 Å². The fraction of sp³-hybridized carbons (Fsp3) is 0.160. The van der Waals surface area contributed by atoms with Crippen molar-refractivity contribution in [3.63, 3.8) is 0 Å². The van der Waals surface area contributed by atoms with E-state index in [1.165, 1.54) is 5.06 Å². The number of carbonyl (C=O) groups excluding carboxylic acids is 1. The molecule has 0 unspecified atom stereocenters. The summed E-state index contributed by atoms with van der Waals surface area (Å²) in [6, 6.07) is 26.6. The lowest BCUT2D eigenvalue weighted by Crippen LogP contribution is -2.47. The molecule has 0 aliphatic carbocycles. The summed E-state index contributed by atoms with van der Waals surface area (Å²) in [5, 5.41) is 2.37. The smallest absolute Gasteiger partial charge is 0.277 e. The predicted molar refractivity (Wildman–Crippen MR) is 116 cm³/mol. The fourth-order valence-corrected chi connectivity index (χ4v) is 3.66. The lowest BCUT2D eigenvalue weighted by Gasteiger charge is -2.37. The topological polar surface area (TPSA) is 63.8 Å². The Hall–Kier alpha value is -3.61. The van der Waals surface area contributed by atoms with Crippen molar-refractivity contribution in [2.45, 2.75) is 12.4 Å². The zero-order valence-corrected chi connectivity index (χ0v) is 16.8. The molecule has 31 heavy (non-hydrogen) atoms. The standard InChI is InChI=1S/C25H22N2O4/c28-24(18-9-3-1-4-10-18)27-16-20(17-29-19-11-5-2-6-12-19)30-25(31-27)22-15-26-23-14-8-7-13-21(22)23/h1-15,20,25-26H,16-17H2/t20-,25+/m1/s1. The Balaban J connectivity index is 1.41. The van der Waals surface area contributed by atoms with E-state index in [0.29, 0.717) is 12.2 Å². The largest absolute Gasteiger partial charge is 0.491 e. The molecule has 1 aliphatic heterocycles. The van der Waals surface area contributed by atoms with Gasteiger partial charge in [0.25, 0.3) is 5.91 Å². The molecule has 6 nitrogen and oxygen atoms in total. The minimum atomic E-state index is -0.734. The third-order valence-corrected chi connectivity index (χ3v) is 5.21. The van der Waals surface area contributed by atoms with Crippen molar-refractivity contribution in [1.29, 1.82) is 0 Å². The first-order chi connectivity index (χ1) is 15.3. The van der Waals surface area contributed by atoms with Gasteiger partial charge in [-0.25, -0.2) is 9.90 Å². The molecular weight excluding hydrogens is 392 g/mol. The molecule has 0 bridgehead atoms. The number of hydrogen-bond acceptors (Lipinski definition) is 4. The van der Waals surface area contributed by atoms with Crippen LogP contribution in [0.1, 0.15) is 22.2 Å². The van der Waals surface area contributed by atoms with Crippen molar-refractivity contribution in [2.75, 3.05) is 13.2 Å². The van der Waals surface area contributed by atoms with E-state index in [0.717, 1.165) is 22.2 Å². The van der Waals surface area contributed by atoms with Gasteiger partial charge in [0.05, 0.1) is 6.54 Å². The van der Waals surface area contributed by atoms with Crippen molar-refractivity contribution in [1.82, 2.24) is 10.0 Å². The van der Waals surface area contributed by atoms with Gasteiger partial charge in [-0.05, 0) is 30.3 Å². The van der Waals surface area contributed by atoms with Gasteiger partial charge in [0.2, 0.25) is 6.29 Å². The molecule has 0 radical (unpaired) electrons. The van der Waals surface area contributed by atoms with E-state index in [1.807, 2.05) is 79.0 Å². The van der Waals surface area contributed by atoms with Crippen molar-refractivity contribution in [3.05, 3.63) is 102 Å². The Morgan fingerprint density at radius 2 is 1.68 bits per heavy atom. The highest BCUT2D eigenvalue weighted by molar-refractivity contribution is 5.93. The van der Waals surface area contributed by atoms with Crippen LogP contribution in [0, 0.1) is 0 Å². The van der Waals surface area contributed by atoms with Gasteiger partial charge in [0.1, 0.15) is 18.5 Å². The zero-order valence-electron chi connectivity index (χ0n) is 16.8. The Morgan fingerprint density at radius 3 is 2.48 bits per heavy atom. The molecule has 2 atom stereocenters. The summed E-state index contributed by atoms with van der Waals surface area (Å²) in [6.45, 7) is 0.560. The van der Waals surface area contributed by atoms with E-state index in [4.69, 9.17) is 14.3 Å². The van der Waals surface area contributed by atoms with E-state index >= 15 is 0 Å². The molecule has 2 heterocycles. The number of nitrogens with one attached hydrogen (secondary N) is 1. The molecule has 0 saturated carbocycles. The Kier molecular flexibility index (Phi) is 5.39. The predicted octanol–water partition coefficient (Wildman–Crippen LogP) is 4.72. The molecule has 1 N–H and O–H groups in total. The molecule has 1 saturated heterocycles. The second-order valence-corrected chi connectivity index (χ2v) is 7.34. The summed E-state index contributed by atoms with van der Waals surface area (Å²) in [7, 11) is 0. The average Bonchev–Trinajstić information content (AvgIpc) is 3.28. The van der Waals surface area contributed by atoms with E-state index in [-0.39, 0.29) is 18.6 Å².